The first-order valence-corrected chi connectivity index (χ1v) is 5.34. The maximum Gasteiger partial charge on any atom is 0.0938 e. The number of benzene rings is 1. The van der Waals surface area contributed by atoms with E-state index in [1.807, 2.05) is 0 Å². The molecular weight excluding hydrogens is 261 g/mol. The first-order valence-electron chi connectivity index (χ1n) is 4.26. The minimum Gasteiger partial charge on any atom is -0.313 e. The Kier molecular flexibility index (Phi) is 2.12. The Morgan fingerprint density at radius 2 is 2.08 bits per heavy atom. The Bertz CT molecular complexity index is 294. The van der Waals surface area contributed by atoms with Gasteiger partial charge in [0, 0.05) is 0 Å². The second kappa shape index (κ2) is 3.00. The number of fused-ring (bicyclic) bond motifs is 1. The zero-order valence-corrected chi connectivity index (χ0v) is 9.04. The fourth-order valence-electron chi connectivity index (χ4n) is 1.81. The summed E-state index contributed by atoms with van der Waals surface area (Å²) in [6.45, 7) is 0. The van der Waals surface area contributed by atoms with E-state index in [1.165, 1.54) is 24.0 Å². The average molecular weight is 273 g/mol. The number of halogens is 1. The normalized spacial score (nSPS) is 28.2. The molecule has 0 aliphatic heterocycles. The molecule has 0 aromatic heterocycles. The van der Waals surface area contributed by atoms with Crippen LogP contribution < -0.4 is 5.73 Å². The Hall–Kier alpha value is -0.0900. The van der Waals surface area contributed by atoms with Crippen LogP contribution in [0.25, 0.3) is 0 Å². The van der Waals surface area contributed by atoms with Crippen LogP contribution in [0.1, 0.15) is 24.0 Å². The lowest BCUT2D eigenvalue weighted by Crippen LogP contribution is -2.33. The largest absolute Gasteiger partial charge is 0.313 e. The summed E-state index contributed by atoms with van der Waals surface area (Å²) in [7, 11) is 0. The number of nitrogens with two attached hydrogens (primary N) is 1. The molecule has 1 aromatic rings. The fraction of sp³-hybridized carbons (Fsp3) is 0.400. The molecule has 1 nitrogen and oxygen atoms in total. The summed E-state index contributed by atoms with van der Waals surface area (Å²) in [5, 5.41) is 0. The smallest absolute Gasteiger partial charge is 0.0938 e. The number of rotatable bonds is 0. The summed E-state index contributed by atoms with van der Waals surface area (Å²) in [5.74, 6) is 0. The third-order valence-corrected chi connectivity index (χ3v) is 3.57. The minimum absolute atomic E-state index is 0.118. The van der Waals surface area contributed by atoms with E-state index < -0.39 is 0 Å². The first kappa shape index (κ1) is 8.51. The van der Waals surface area contributed by atoms with Crippen LogP contribution in [-0.4, -0.2) is 0 Å². The monoisotopic (exact) mass is 273 g/mol. The molecule has 2 N–H and O–H groups in total. The predicted molar refractivity (Wildman–Crippen MR) is 59.3 cm³/mol. The van der Waals surface area contributed by atoms with E-state index in [1.54, 1.807) is 0 Å². The van der Waals surface area contributed by atoms with Gasteiger partial charge >= 0.3 is 0 Å². The van der Waals surface area contributed by atoms with Crippen LogP contribution in [0.15, 0.2) is 24.3 Å². The van der Waals surface area contributed by atoms with Gasteiger partial charge in [-0.25, -0.2) is 0 Å². The summed E-state index contributed by atoms with van der Waals surface area (Å²) in [6, 6.07) is 8.51. The van der Waals surface area contributed by atoms with E-state index in [4.69, 9.17) is 5.73 Å². The number of hydrogen-bond acceptors (Lipinski definition) is 1. The third-order valence-electron chi connectivity index (χ3n) is 2.45. The van der Waals surface area contributed by atoms with Gasteiger partial charge < -0.3 is 5.73 Å². The van der Waals surface area contributed by atoms with Crippen LogP contribution in [0, 0.1) is 0 Å². The topological polar surface area (TPSA) is 26.0 Å². The van der Waals surface area contributed by atoms with Crippen molar-refractivity contribution < 1.29 is 0 Å². The average Bonchev–Trinajstić information content (AvgIpc) is 2.04. The van der Waals surface area contributed by atoms with Crippen molar-refractivity contribution in [1.82, 2.24) is 0 Å². The molecule has 0 saturated carbocycles. The van der Waals surface area contributed by atoms with Crippen molar-refractivity contribution in [2.75, 3.05) is 0 Å². The second-order valence-corrected chi connectivity index (χ2v) is 5.30. The number of alkyl halides is 1. The maximum atomic E-state index is 6.18. The molecule has 0 spiro atoms. The van der Waals surface area contributed by atoms with Crippen molar-refractivity contribution >= 4 is 22.6 Å². The van der Waals surface area contributed by atoms with Gasteiger partial charge in [-0.15, -0.1) is 0 Å². The van der Waals surface area contributed by atoms with Crippen LogP contribution in [0.4, 0.5) is 0 Å². The van der Waals surface area contributed by atoms with Crippen LogP contribution in [-0.2, 0) is 9.97 Å². The molecule has 0 heterocycles. The molecule has 1 aromatic carbocycles. The summed E-state index contributed by atoms with van der Waals surface area (Å²) in [6.07, 6.45) is 3.51. The van der Waals surface area contributed by atoms with E-state index in [9.17, 15) is 0 Å². The quantitative estimate of drug-likeness (QED) is 0.439. The molecule has 2 heteroatoms. The van der Waals surface area contributed by atoms with Gasteiger partial charge in [-0.3, -0.25) is 0 Å². The highest BCUT2D eigenvalue weighted by atomic mass is 127. The fourth-order valence-corrected chi connectivity index (χ4v) is 2.72. The molecule has 12 heavy (non-hydrogen) atoms. The van der Waals surface area contributed by atoms with E-state index in [2.05, 4.69) is 46.9 Å². The van der Waals surface area contributed by atoms with Gasteiger partial charge in [0.05, 0.1) is 3.55 Å². The summed E-state index contributed by atoms with van der Waals surface area (Å²) in [5.41, 5.74) is 8.94. The molecule has 0 fully saturated rings. The van der Waals surface area contributed by atoms with Gasteiger partial charge in [-0.1, -0.05) is 46.9 Å². The van der Waals surface area contributed by atoms with Crippen molar-refractivity contribution in [1.29, 1.82) is 0 Å². The van der Waals surface area contributed by atoms with Crippen molar-refractivity contribution in [3.63, 3.8) is 0 Å². The Morgan fingerprint density at radius 1 is 1.33 bits per heavy atom. The highest BCUT2D eigenvalue weighted by Gasteiger charge is 2.28. The molecule has 64 valence electrons. The molecular formula is C10H12IN. The summed E-state index contributed by atoms with van der Waals surface area (Å²) in [4.78, 5) is 0. The molecule has 1 aliphatic carbocycles. The lowest BCUT2D eigenvalue weighted by atomic mass is 9.88. The molecule has 0 bridgehead atoms. The molecule has 2 rings (SSSR count). The Labute approximate surface area is 86.5 Å². The van der Waals surface area contributed by atoms with E-state index in [-0.39, 0.29) is 3.55 Å². The Morgan fingerprint density at radius 3 is 2.83 bits per heavy atom. The van der Waals surface area contributed by atoms with Gasteiger partial charge in [-0.05, 0) is 30.4 Å². The van der Waals surface area contributed by atoms with E-state index in [0.717, 1.165) is 6.42 Å². The SMILES string of the molecule is NC1(I)CCCc2ccccc21. The molecule has 0 radical (unpaired) electrons. The minimum atomic E-state index is -0.118. The lowest BCUT2D eigenvalue weighted by Gasteiger charge is -2.30. The summed E-state index contributed by atoms with van der Waals surface area (Å²) < 4.78 is -0.118. The van der Waals surface area contributed by atoms with Gasteiger partial charge in [-0.2, -0.15) is 0 Å². The molecule has 0 amide bonds. The summed E-state index contributed by atoms with van der Waals surface area (Å²) >= 11 is 2.36. The van der Waals surface area contributed by atoms with Crippen LogP contribution in [0.3, 0.4) is 0 Å². The highest BCUT2D eigenvalue weighted by molar-refractivity contribution is 14.1. The first-order chi connectivity index (χ1) is 5.70. The third kappa shape index (κ3) is 1.38. The lowest BCUT2D eigenvalue weighted by molar-refractivity contribution is 0.548. The van der Waals surface area contributed by atoms with E-state index >= 15 is 0 Å². The Balaban J connectivity index is 2.52. The molecule has 0 saturated heterocycles. The standard InChI is InChI=1S/C10H12IN/c11-10(12)7-3-5-8-4-1-2-6-9(8)10/h1-2,4,6H,3,5,7,12H2. The molecule has 1 aliphatic rings. The van der Waals surface area contributed by atoms with Crippen LogP contribution in [0.2, 0.25) is 0 Å². The zero-order chi connectivity index (χ0) is 8.60. The van der Waals surface area contributed by atoms with Crippen molar-refractivity contribution in [3.8, 4) is 0 Å². The van der Waals surface area contributed by atoms with Gasteiger partial charge in [0.2, 0.25) is 0 Å². The van der Waals surface area contributed by atoms with Gasteiger partial charge in [0.25, 0.3) is 0 Å². The van der Waals surface area contributed by atoms with Gasteiger partial charge in [0.15, 0.2) is 0 Å². The van der Waals surface area contributed by atoms with Crippen molar-refractivity contribution in [2.45, 2.75) is 22.8 Å². The number of hydrogen-bond donors (Lipinski definition) is 1. The zero-order valence-electron chi connectivity index (χ0n) is 6.89. The van der Waals surface area contributed by atoms with Crippen molar-refractivity contribution in [2.24, 2.45) is 5.73 Å². The van der Waals surface area contributed by atoms with Crippen molar-refractivity contribution in [3.05, 3.63) is 35.4 Å². The predicted octanol–water partition coefficient (Wildman–Crippen LogP) is 2.57. The van der Waals surface area contributed by atoms with Crippen LogP contribution >= 0.6 is 22.6 Å². The highest BCUT2D eigenvalue weighted by Crippen LogP contribution is 2.37. The molecule has 1 atom stereocenters. The second-order valence-electron chi connectivity index (χ2n) is 3.37. The van der Waals surface area contributed by atoms with Gasteiger partial charge in [0.1, 0.15) is 0 Å². The van der Waals surface area contributed by atoms with Crippen LogP contribution in [0.5, 0.6) is 0 Å². The number of aryl methyl sites for hydroxylation is 1. The molecule has 1 unspecified atom stereocenters. The van der Waals surface area contributed by atoms with E-state index in [0.29, 0.717) is 0 Å². The maximum absolute atomic E-state index is 6.18.